The molecule has 1 fully saturated rings. The summed E-state index contributed by atoms with van der Waals surface area (Å²) in [6.45, 7) is 14.1. The summed E-state index contributed by atoms with van der Waals surface area (Å²) < 4.78 is 5.40. The minimum Gasteiger partial charge on any atom is -0.379 e. The molecule has 1 saturated heterocycles. The zero-order valence-corrected chi connectivity index (χ0v) is 11.4. The molecule has 0 bridgehead atoms. The highest BCUT2D eigenvalue weighted by Crippen LogP contribution is 2.15. The summed E-state index contributed by atoms with van der Waals surface area (Å²) in [6, 6.07) is 0.630. The molecular formula is C13H28N2O. The Bertz CT molecular complexity index is 188. The van der Waals surface area contributed by atoms with E-state index in [2.05, 4.69) is 37.9 Å². The Morgan fingerprint density at radius 1 is 1.31 bits per heavy atom. The summed E-state index contributed by atoms with van der Waals surface area (Å²) in [4.78, 5) is 2.53. The second-order valence-electron chi connectivity index (χ2n) is 5.48. The molecule has 0 aromatic rings. The van der Waals surface area contributed by atoms with E-state index in [1.165, 1.54) is 12.8 Å². The fourth-order valence-corrected chi connectivity index (χ4v) is 2.24. The summed E-state index contributed by atoms with van der Waals surface area (Å²) in [6.07, 6.45) is 2.52. The molecule has 1 unspecified atom stereocenters. The fraction of sp³-hybridized carbons (Fsp3) is 1.00. The normalized spacial score (nSPS) is 21.0. The highest BCUT2D eigenvalue weighted by molar-refractivity contribution is 4.86. The molecule has 1 heterocycles. The maximum absolute atomic E-state index is 5.40. The average Bonchev–Trinajstić information content (AvgIpc) is 2.28. The third-order valence-corrected chi connectivity index (χ3v) is 3.47. The fourth-order valence-electron chi connectivity index (χ4n) is 2.24. The Kier molecular flexibility index (Phi) is 5.73. The third kappa shape index (κ3) is 4.40. The Morgan fingerprint density at radius 3 is 2.50 bits per heavy atom. The van der Waals surface area contributed by atoms with Gasteiger partial charge in [-0.1, -0.05) is 13.3 Å². The molecule has 0 saturated carbocycles. The van der Waals surface area contributed by atoms with Crippen molar-refractivity contribution in [2.75, 3.05) is 32.8 Å². The number of nitrogens with one attached hydrogen (secondary N) is 1. The summed E-state index contributed by atoms with van der Waals surface area (Å²) in [5, 5.41) is 3.64. The molecular weight excluding hydrogens is 200 g/mol. The number of nitrogens with zero attached hydrogens (tertiary/aromatic N) is 1. The van der Waals surface area contributed by atoms with E-state index in [9.17, 15) is 0 Å². The molecule has 3 heteroatoms. The molecule has 0 aliphatic carbocycles. The molecule has 96 valence electrons. The van der Waals surface area contributed by atoms with Crippen LogP contribution in [0.4, 0.5) is 0 Å². The van der Waals surface area contributed by atoms with Crippen LogP contribution in [0, 0.1) is 0 Å². The number of ether oxygens (including phenoxy) is 1. The SMILES string of the molecule is CCCC(C)NCC(C)(C)N1CCOCC1. The van der Waals surface area contributed by atoms with Crippen LogP contribution in [0.3, 0.4) is 0 Å². The standard InChI is InChI=1S/C13H28N2O/c1-5-6-12(2)14-11-13(3,4)15-7-9-16-10-8-15/h12,14H,5-11H2,1-4H3. The summed E-state index contributed by atoms with van der Waals surface area (Å²) in [5.74, 6) is 0. The zero-order valence-electron chi connectivity index (χ0n) is 11.4. The van der Waals surface area contributed by atoms with Gasteiger partial charge in [0.25, 0.3) is 0 Å². The Hall–Kier alpha value is -0.120. The largest absolute Gasteiger partial charge is 0.379 e. The monoisotopic (exact) mass is 228 g/mol. The van der Waals surface area contributed by atoms with Crippen LogP contribution in [0.25, 0.3) is 0 Å². The highest BCUT2D eigenvalue weighted by Gasteiger charge is 2.28. The van der Waals surface area contributed by atoms with E-state index in [1.807, 2.05) is 0 Å². The minimum atomic E-state index is 0.242. The van der Waals surface area contributed by atoms with Crippen molar-refractivity contribution < 1.29 is 4.74 Å². The first kappa shape index (κ1) is 13.9. The van der Waals surface area contributed by atoms with Gasteiger partial charge in [0.15, 0.2) is 0 Å². The van der Waals surface area contributed by atoms with Crippen LogP contribution < -0.4 is 5.32 Å². The Labute approximate surface area is 101 Å². The molecule has 3 nitrogen and oxygen atoms in total. The molecule has 0 spiro atoms. The smallest absolute Gasteiger partial charge is 0.0594 e. The number of morpholine rings is 1. The molecule has 16 heavy (non-hydrogen) atoms. The van der Waals surface area contributed by atoms with E-state index in [1.54, 1.807) is 0 Å². The van der Waals surface area contributed by atoms with Crippen LogP contribution in [-0.4, -0.2) is 49.3 Å². The summed E-state index contributed by atoms with van der Waals surface area (Å²) in [7, 11) is 0. The van der Waals surface area contributed by atoms with Gasteiger partial charge in [-0.25, -0.2) is 0 Å². The molecule has 1 rings (SSSR count). The van der Waals surface area contributed by atoms with Crippen molar-refractivity contribution in [1.29, 1.82) is 0 Å². The minimum absolute atomic E-state index is 0.242. The molecule has 0 amide bonds. The topological polar surface area (TPSA) is 24.5 Å². The van der Waals surface area contributed by atoms with Crippen molar-refractivity contribution >= 4 is 0 Å². The molecule has 0 aromatic carbocycles. The van der Waals surface area contributed by atoms with Crippen LogP contribution >= 0.6 is 0 Å². The van der Waals surface area contributed by atoms with Crippen molar-refractivity contribution in [2.24, 2.45) is 0 Å². The van der Waals surface area contributed by atoms with Gasteiger partial charge in [-0.3, -0.25) is 4.90 Å². The van der Waals surface area contributed by atoms with Gasteiger partial charge in [0.05, 0.1) is 13.2 Å². The first-order valence-corrected chi connectivity index (χ1v) is 6.62. The molecule has 1 aliphatic rings. The average molecular weight is 228 g/mol. The maximum atomic E-state index is 5.40. The van der Waals surface area contributed by atoms with Crippen LogP contribution in [0.5, 0.6) is 0 Å². The van der Waals surface area contributed by atoms with E-state index in [4.69, 9.17) is 4.74 Å². The van der Waals surface area contributed by atoms with E-state index in [0.29, 0.717) is 6.04 Å². The van der Waals surface area contributed by atoms with Gasteiger partial charge in [-0.05, 0) is 27.2 Å². The molecule has 1 atom stereocenters. The lowest BCUT2D eigenvalue weighted by Gasteiger charge is -2.41. The third-order valence-electron chi connectivity index (χ3n) is 3.47. The van der Waals surface area contributed by atoms with Crippen LogP contribution in [0.1, 0.15) is 40.5 Å². The lowest BCUT2D eigenvalue weighted by Crippen LogP contribution is -2.55. The lowest BCUT2D eigenvalue weighted by atomic mass is 10.0. The van der Waals surface area contributed by atoms with E-state index >= 15 is 0 Å². The van der Waals surface area contributed by atoms with E-state index < -0.39 is 0 Å². The lowest BCUT2D eigenvalue weighted by molar-refractivity contribution is -0.0103. The van der Waals surface area contributed by atoms with Crippen molar-refractivity contribution in [1.82, 2.24) is 10.2 Å². The van der Waals surface area contributed by atoms with Gasteiger partial charge in [0, 0.05) is 31.2 Å². The number of rotatable bonds is 6. The van der Waals surface area contributed by atoms with Crippen LogP contribution in [0.2, 0.25) is 0 Å². The highest BCUT2D eigenvalue weighted by atomic mass is 16.5. The van der Waals surface area contributed by atoms with Crippen molar-refractivity contribution in [2.45, 2.75) is 52.1 Å². The van der Waals surface area contributed by atoms with Gasteiger partial charge in [0.1, 0.15) is 0 Å². The summed E-state index contributed by atoms with van der Waals surface area (Å²) in [5.41, 5.74) is 0.242. The van der Waals surface area contributed by atoms with Crippen molar-refractivity contribution in [3.05, 3.63) is 0 Å². The number of hydrogen-bond donors (Lipinski definition) is 1. The Balaban J connectivity index is 2.31. The van der Waals surface area contributed by atoms with Gasteiger partial charge in [0.2, 0.25) is 0 Å². The van der Waals surface area contributed by atoms with Crippen molar-refractivity contribution in [3.63, 3.8) is 0 Å². The first-order chi connectivity index (χ1) is 7.56. The summed E-state index contributed by atoms with van der Waals surface area (Å²) >= 11 is 0. The number of hydrogen-bond acceptors (Lipinski definition) is 3. The molecule has 1 aliphatic heterocycles. The predicted octanol–water partition coefficient (Wildman–Crippen LogP) is 1.88. The Morgan fingerprint density at radius 2 is 1.94 bits per heavy atom. The predicted molar refractivity (Wildman–Crippen MR) is 68.8 cm³/mol. The second kappa shape index (κ2) is 6.58. The van der Waals surface area contributed by atoms with Gasteiger partial charge >= 0.3 is 0 Å². The molecule has 1 N–H and O–H groups in total. The van der Waals surface area contributed by atoms with E-state index in [0.717, 1.165) is 32.8 Å². The van der Waals surface area contributed by atoms with Crippen molar-refractivity contribution in [3.8, 4) is 0 Å². The van der Waals surface area contributed by atoms with Crippen LogP contribution in [0.15, 0.2) is 0 Å². The molecule has 0 aromatic heterocycles. The quantitative estimate of drug-likeness (QED) is 0.751. The van der Waals surface area contributed by atoms with Gasteiger partial charge < -0.3 is 10.1 Å². The van der Waals surface area contributed by atoms with Gasteiger partial charge in [-0.2, -0.15) is 0 Å². The van der Waals surface area contributed by atoms with Crippen LogP contribution in [-0.2, 0) is 4.74 Å². The first-order valence-electron chi connectivity index (χ1n) is 6.62. The molecule has 0 radical (unpaired) electrons. The van der Waals surface area contributed by atoms with Gasteiger partial charge in [-0.15, -0.1) is 0 Å². The van der Waals surface area contributed by atoms with E-state index in [-0.39, 0.29) is 5.54 Å². The maximum Gasteiger partial charge on any atom is 0.0594 e. The second-order valence-corrected chi connectivity index (χ2v) is 5.48. The zero-order chi connectivity index (χ0) is 12.0.